The van der Waals surface area contributed by atoms with Crippen molar-refractivity contribution in [2.75, 3.05) is 32.1 Å². The molecule has 1 aliphatic heterocycles. The minimum atomic E-state index is -0.822. The topological polar surface area (TPSA) is 100 Å². The zero-order valence-electron chi connectivity index (χ0n) is 16.1. The van der Waals surface area contributed by atoms with Crippen LogP contribution in [0.4, 0.5) is 5.69 Å². The standard InChI is InChI=1S/C21H26N2O5/c1-13(9-14-3-5-15(27-2)6-4-14)10-22-11-18(25)16-7-8-17(24)20-21(16)28-12-19(26)23-20/h3-8,13,18,22,24-25H,9-12H2,1-2H3,(H,23,26). The highest BCUT2D eigenvalue weighted by molar-refractivity contribution is 5.97. The number of methoxy groups -OCH3 is 1. The molecule has 2 aromatic rings. The van der Waals surface area contributed by atoms with Crippen LogP contribution < -0.4 is 20.1 Å². The number of hydrogen-bond donors (Lipinski definition) is 4. The molecule has 150 valence electrons. The molecule has 0 fully saturated rings. The van der Waals surface area contributed by atoms with E-state index in [0.29, 0.717) is 23.8 Å². The first-order chi connectivity index (χ1) is 13.5. The van der Waals surface area contributed by atoms with Crippen LogP contribution in [-0.4, -0.2) is 42.9 Å². The maximum Gasteiger partial charge on any atom is 0.262 e. The van der Waals surface area contributed by atoms with Gasteiger partial charge in [0, 0.05) is 12.1 Å². The second-order valence-corrected chi connectivity index (χ2v) is 7.05. The van der Waals surface area contributed by atoms with Crippen LogP contribution in [0.15, 0.2) is 36.4 Å². The summed E-state index contributed by atoms with van der Waals surface area (Å²) in [5.41, 5.74) is 1.97. The Morgan fingerprint density at radius 3 is 2.68 bits per heavy atom. The first kappa shape index (κ1) is 20.0. The molecule has 0 bridgehead atoms. The Morgan fingerprint density at radius 1 is 1.21 bits per heavy atom. The summed E-state index contributed by atoms with van der Waals surface area (Å²) < 4.78 is 10.6. The molecule has 1 aliphatic rings. The van der Waals surface area contributed by atoms with Gasteiger partial charge in [-0.15, -0.1) is 0 Å². The molecule has 3 rings (SSSR count). The van der Waals surface area contributed by atoms with Gasteiger partial charge in [0.05, 0.1) is 13.2 Å². The second-order valence-electron chi connectivity index (χ2n) is 7.05. The van der Waals surface area contributed by atoms with Gasteiger partial charge in [0.2, 0.25) is 0 Å². The number of nitrogens with one attached hydrogen (secondary N) is 2. The molecule has 7 nitrogen and oxygen atoms in total. The Morgan fingerprint density at radius 2 is 1.96 bits per heavy atom. The number of hydrogen-bond acceptors (Lipinski definition) is 6. The molecule has 2 unspecified atom stereocenters. The van der Waals surface area contributed by atoms with Crippen LogP contribution in [0.5, 0.6) is 17.2 Å². The summed E-state index contributed by atoms with van der Waals surface area (Å²) in [5, 5.41) is 26.3. The van der Waals surface area contributed by atoms with Gasteiger partial charge in [0.1, 0.15) is 17.2 Å². The van der Waals surface area contributed by atoms with Crippen LogP contribution in [0.3, 0.4) is 0 Å². The van der Waals surface area contributed by atoms with Gasteiger partial charge in [0.25, 0.3) is 5.91 Å². The Bertz CT molecular complexity index is 822. The predicted octanol–water partition coefficient (Wildman–Crippen LogP) is 2.23. The Hall–Kier alpha value is -2.77. The first-order valence-corrected chi connectivity index (χ1v) is 9.28. The van der Waals surface area contributed by atoms with E-state index < -0.39 is 6.10 Å². The van der Waals surface area contributed by atoms with E-state index in [4.69, 9.17) is 9.47 Å². The van der Waals surface area contributed by atoms with Gasteiger partial charge in [-0.1, -0.05) is 19.1 Å². The number of amides is 1. The Kier molecular flexibility index (Phi) is 6.38. The lowest BCUT2D eigenvalue weighted by atomic mass is 10.0. The van der Waals surface area contributed by atoms with Crippen LogP contribution in [0.2, 0.25) is 0 Å². The second kappa shape index (κ2) is 8.95. The van der Waals surface area contributed by atoms with Gasteiger partial charge in [-0.05, 0) is 48.7 Å². The SMILES string of the molecule is COc1ccc(CC(C)CNCC(O)c2ccc(O)c3c2OCC(=O)N3)cc1. The fourth-order valence-corrected chi connectivity index (χ4v) is 3.25. The van der Waals surface area contributed by atoms with Crippen LogP contribution >= 0.6 is 0 Å². The zero-order chi connectivity index (χ0) is 20.1. The third-order valence-electron chi connectivity index (χ3n) is 4.71. The summed E-state index contributed by atoms with van der Waals surface area (Å²) in [7, 11) is 1.65. The third kappa shape index (κ3) is 4.74. The Labute approximate surface area is 164 Å². The largest absolute Gasteiger partial charge is 0.506 e. The average Bonchev–Trinajstić information content (AvgIpc) is 2.69. The summed E-state index contributed by atoms with van der Waals surface area (Å²) in [4.78, 5) is 11.5. The molecule has 2 atom stereocenters. The molecule has 0 aliphatic carbocycles. The molecule has 0 aromatic heterocycles. The van der Waals surface area contributed by atoms with E-state index in [1.54, 1.807) is 13.2 Å². The van der Waals surface area contributed by atoms with Crippen molar-refractivity contribution in [1.82, 2.24) is 5.32 Å². The van der Waals surface area contributed by atoms with Crippen molar-refractivity contribution in [3.05, 3.63) is 47.5 Å². The van der Waals surface area contributed by atoms with Crippen LogP contribution in [0.25, 0.3) is 0 Å². The first-order valence-electron chi connectivity index (χ1n) is 9.28. The van der Waals surface area contributed by atoms with Crippen LogP contribution in [-0.2, 0) is 11.2 Å². The van der Waals surface area contributed by atoms with Gasteiger partial charge >= 0.3 is 0 Å². The summed E-state index contributed by atoms with van der Waals surface area (Å²) in [6, 6.07) is 11.1. The van der Waals surface area contributed by atoms with Crippen LogP contribution in [0.1, 0.15) is 24.2 Å². The lowest BCUT2D eigenvalue weighted by molar-refractivity contribution is -0.118. The number of fused-ring (bicyclic) bond motifs is 1. The van der Waals surface area contributed by atoms with Gasteiger partial charge in [-0.2, -0.15) is 0 Å². The van der Waals surface area contributed by atoms with Crippen molar-refractivity contribution < 1.29 is 24.5 Å². The molecular weight excluding hydrogens is 360 g/mol. The quantitative estimate of drug-likeness (QED) is 0.519. The number of anilines is 1. The van der Waals surface area contributed by atoms with Crippen molar-refractivity contribution in [2.45, 2.75) is 19.4 Å². The van der Waals surface area contributed by atoms with Gasteiger partial charge in [-0.25, -0.2) is 0 Å². The summed E-state index contributed by atoms with van der Waals surface area (Å²) in [5.74, 6) is 1.12. The molecule has 2 aromatic carbocycles. The molecule has 0 saturated heterocycles. The van der Waals surface area contributed by atoms with E-state index in [1.807, 2.05) is 12.1 Å². The van der Waals surface area contributed by atoms with E-state index in [1.165, 1.54) is 11.6 Å². The van der Waals surface area contributed by atoms with Crippen LogP contribution in [0, 0.1) is 5.92 Å². The third-order valence-corrected chi connectivity index (χ3v) is 4.71. The number of benzene rings is 2. The molecular formula is C21H26N2O5. The number of aliphatic hydroxyl groups excluding tert-OH is 1. The number of carbonyl (C=O) groups is 1. The number of ether oxygens (including phenoxy) is 2. The number of rotatable bonds is 8. The highest BCUT2D eigenvalue weighted by Crippen LogP contribution is 2.41. The van der Waals surface area contributed by atoms with Crippen molar-refractivity contribution in [1.29, 1.82) is 0 Å². The summed E-state index contributed by atoms with van der Waals surface area (Å²) >= 11 is 0. The molecule has 4 N–H and O–H groups in total. The fraction of sp³-hybridized carbons (Fsp3) is 0.381. The van der Waals surface area contributed by atoms with Crippen molar-refractivity contribution in [2.24, 2.45) is 5.92 Å². The van der Waals surface area contributed by atoms with Gasteiger partial charge < -0.3 is 30.3 Å². The number of carbonyl (C=O) groups excluding carboxylic acids is 1. The normalized spacial score (nSPS) is 15.2. The summed E-state index contributed by atoms with van der Waals surface area (Å²) in [6.45, 7) is 3.08. The van der Waals surface area contributed by atoms with Crippen molar-refractivity contribution in [3.8, 4) is 17.2 Å². The molecule has 28 heavy (non-hydrogen) atoms. The van der Waals surface area contributed by atoms with E-state index in [-0.39, 0.29) is 24.0 Å². The predicted molar refractivity (Wildman–Crippen MR) is 106 cm³/mol. The Balaban J connectivity index is 1.53. The number of aromatic hydroxyl groups is 1. The van der Waals surface area contributed by atoms with E-state index in [0.717, 1.165) is 18.7 Å². The zero-order valence-corrected chi connectivity index (χ0v) is 16.1. The fourth-order valence-electron chi connectivity index (χ4n) is 3.25. The number of aliphatic hydroxyl groups is 1. The average molecular weight is 386 g/mol. The molecule has 1 amide bonds. The molecule has 0 spiro atoms. The maximum absolute atomic E-state index is 11.5. The van der Waals surface area contributed by atoms with E-state index >= 15 is 0 Å². The minimum absolute atomic E-state index is 0.0833. The molecule has 0 saturated carbocycles. The molecule has 1 heterocycles. The minimum Gasteiger partial charge on any atom is -0.506 e. The maximum atomic E-state index is 11.5. The number of phenolic OH excluding ortho intramolecular Hbond substituents is 1. The lowest BCUT2D eigenvalue weighted by Gasteiger charge is -2.24. The van der Waals surface area contributed by atoms with Crippen molar-refractivity contribution in [3.63, 3.8) is 0 Å². The smallest absolute Gasteiger partial charge is 0.262 e. The molecule has 0 radical (unpaired) electrons. The highest BCUT2D eigenvalue weighted by atomic mass is 16.5. The highest BCUT2D eigenvalue weighted by Gasteiger charge is 2.25. The lowest BCUT2D eigenvalue weighted by Crippen LogP contribution is -2.29. The van der Waals surface area contributed by atoms with Gasteiger partial charge in [-0.3, -0.25) is 4.79 Å². The van der Waals surface area contributed by atoms with E-state index in [2.05, 4.69) is 29.7 Å². The number of phenols is 1. The van der Waals surface area contributed by atoms with Crippen molar-refractivity contribution >= 4 is 11.6 Å². The monoisotopic (exact) mass is 386 g/mol. The molecule has 7 heteroatoms. The van der Waals surface area contributed by atoms with E-state index in [9.17, 15) is 15.0 Å². The van der Waals surface area contributed by atoms with Gasteiger partial charge in [0.15, 0.2) is 12.4 Å². The summed E-state index contributed by atoms with van der Waals surface area (Å²) in [6.07, 6.45) is 0.0918.